The van der Waals surface area contributed by atoms with Crippen molar-refractivity contribution in [3.63, 3.8) is 0 Å². The Bertz CT molecular complexity index is 497. The van der Waals surface area contributed by atoms with Crippen molar-refractivity contribution >= 4 is 10.9 Å². The minimum atomic E-state index is 1.15. The van der Waals surface area contributed by atoms with Crippen LogP contribution in [0.4, 0.5) is 0 Å². The van der Waals surface area contributed by atoms with Crippen molar-refractivity contribution < 1.29 is 0 Å². The van der Waals surface area contributed by atoms with Crippen LogP contribution in [-0.4, -0.2) is 42.6 Å². The van der Waals surface area contributed by atoms with E-state index in [1.807, 2.05) is 6.20 Å². The van der Waals surface area contributed by atoms with Crippen molar-refractivity contribution in [1.29, 1.82) is 0 Å². The van der Waals surface area contributed by atoms with Gasteiger partial charge in [0.05, 0.1) is 0 Å². The third-order valence-corrected chi connectivity index (χ3v) is 3.80. The standard InChI is InChI=1S/C15H21N3/c1-3-13(15-14(4-1)6-7-17-15)5-2-10-18-11-8-16-9-12-18/h1,3-4,6-7,16-17H,2,5,8-12H2. The second kappa shape index (κ2) is 5.55. The summed E-state index contributed by atoms with van der Waals surface area (Å²) in [5.41, 5.74) is 2.77. The molecule has 0 saturated carbocycles. The van der Waals surface area contributed by atoms with Crippen molar-refractivity contribution in [1.82, 2.24) is 15.2 Å². The van der Waals surface area contributed by atoms with Gasteiger partial charge in [0.25, 0.3) is 0 Å². The van der Waals surface area contributed by atoms with Crippen molar-refractivity contribution in [2.45, 2.75) is 12.8 Å². The quantitative estimate of drug-likeness (QED) is 0.860. The summed E-state index contributed by atoms with van der Waals surface area (Å²) >= 11 is 0. The highest BCUT2D eigenvalue weighted by atomic mass is 15.2. The van der Waals surface area contributed by atoms with Crippen molar-refractivity contribution in [2.75, 3.05) is 32.7 Å². The van der Waals surface area contributed by atoms with Crippen LogP contribution in [0.5, 0.6) is 0 Å². The number of H-pyrrole nitrogens is 1. The van der Waals surface area contributed by atoms with E-state index >= 15 is 0 Å². The molecule has 1 aromatic heterocycles. The third kappa shape index (κ3) is 2.57. The summed E-state index contributed by atoms with van der Waals surface area (Å²) in [6.07, 6.45) is 4.45. The van der Waals surface area contributed by atoms with Crippen LogP contribution in [0.1, 0.15) is 12.0 Å². The molecule has 0 amide bonds. The predicted molar refractivity (Wildman–Crippen MR) is 75.9 cm³/mol. The van der Waals surface area contributed by atoms with E-state index in [0.29, 0.717) is 0 Å². The molecule has 1 aromatic carbocycles. The maximum atomic E-state index is 3.40. The van der Waals surface area contributed by atoms with Gasteiger partial charge in [0.15, 0.2) is 0 Å². The Kier molecular flexibility index (Phi) is 3.62. The van der Waals surface area contributed by atoms with Crippen LogP contribution in [0.25, 0.3) is 10.9 Å². The van der Waals surface area contributed by atoms with Gasteiger partial charge in [-0.05, 0) is 36.4 Å². The Balaban J connectivity index is 1.57. The highest BCUT2D eigenvalue weighted by molar-refractivity contribution is 5.82. The number of aryl methyl sites for hydroxylation is 1. The molecule has 1 aliphatic rings. The molecule has 0 bridgehead atoms. The van der Waals surface area contributed by atoms with E-state index in [1.54, 1.807) is 0 Å². The lowest BCUT2D eigenvalue weighted by Gasteiger charge is -2.27. The monoisotopic (exact) mass is 243 g/mol. The summed E-state index contributed by atoms with van der Waals surface area (Å²) < 4.78 is 0. The van der Waals surface area contributed by atoms with Gasteiger partial charge in [0, 0.05) is 37.9 Å². The molecule has 96 valence electrons. The fourth-order valence-corrected chi connectivity index (χ4v) is 2.79. The third-order valence-electron chi connectivity index (χ3n) is 3.80. The van der Waals surface area contributed by atoms with Crippen LogP contribution >= 0.6 is 0 Å². The summed E-state index contributed by atoms with van der Waals surface area (Å²) in [4.78, 5) is 5.91. The number of aromatic amines is 1. The lowest BCUT2D eigenvalue weighted by Crippen LogP contribution is -2.43. The predicted octanol–water partition coefficient (Wildman–Crippen LogP) is 2.01. The van der Waals surface area contributed by atoms with E-state index < -0.39 is 0 Å². The number of benzene rings is 1. The first-order valence-corrected chi connectivity index (χ1v) is 6.91. The molecule has 1 aliphatic heterocycles. The zero-order chi connectivity index (χ0) is 12.2. The second-order valence-electron chi connectivity index (χ2n) is 5.05. The van der Waals surface area contributed by atoms with E-state index in [0.717, 1.165) is 13.1 Å². The average Bonchev–Trinajstić information content (AvgIpc) is 2.89. The molecule has 0 aliphatic carbocycles. The van der Waals surface area contributed by atoms with E-state index in [1.165, 1.54) is 48.9 Å². The highest BCUT2D eigenvalue weighted by Crippen LogP contribution is 2.18. The molecule has 18 heavy (non-hydrogen) atoms. The topological polar surface area (TPSA) is 31.1 Å². The fourth-order valence-electron chi connectivity index (χ4n) is 2.79. The van der Waals surface area contributed by atoms with Crippen LogP contribution in [0.3, 0.4) is 0 Å². The van der Waals surface area contributed by atoms with Crippen LogP contribution in [0.2, 0.25) is 0 Å². The number of nitrogens with one attached hydrogen (secondary N) is 2. The van der Waals surface area contributed by atoms with Gasteiger partial charge in [-0.3, -0.25) is 0 Å². The van der Waals surface area contributed by atoms with Crippen molar-refractivity contribution in [2.24, 2.45) is 0 Å². The molecule has 2 heterocycles. The van der Waals surface area contributed by atoms with E-state index in [-0.39, 0.29) is 0 Å². The fraction of sp³-hybridized carbons (Fsp3) is 0.467. The number of fused-ring (bicyclic) bond motifs is 1. The first-order chi connectivity index (χ1) is 8.93. The summed E-state index contributed by atoms with van der Waals surface area (Å²) in [5, 5.41) is 4.73. The maximum absolute atomic E-state index is 3.40. The number of hydrogen-bond acceptors (Lipinski definition) is 2. The lowest BCUT2D eigenvalue weighted by atomic mass is 10.1. The average molecular weight is 243 g/mol. The van der Waals surface area contributed by atoms with Gasteiger partial charge >= 0.3 is 0 Å². The molecule has 0 spiro atoms. The second-order valence-corrected chi connectivity index (χ2v) is 5.05. The summed E-state index contributed by atoms with van der Waals surface area (Å²) in [6, 6.07) is 8.73. The molecular formula is C15H21N3. The van der Waals surface area contributed by atoms with E-state index in [2.05, 4.69) is 39.5 Å². The van der Waals surface area contributed by atoms with E-state index in [9.17, 15) is 0 Å². The molecule has 1 saturated heterocycles. The van der Waals surface area contributed by atoms with Gasteiger partial charge in [0.1, 0.15) is 0 Å². The molecule has 0 radical (unpaired) electrons. The Morgan fingerprint density at radius 3 is 2.89 bits per heavy atom. The number of rotatable bonds is 4. The number of piperazine rings is 1. The zero-order valence-corrected chi connectivity index (χ0v) is 10.8. The molecule has 3 heteroatoms. The molecule has 3 rings (SSSR count). The van der Waals surface area contributed by atoms with Gasteiger partial charge in [-0.2, -0.15) is 0 Å². The molecule has 0 atom stereocenters. The highest BCUT2D eigenvalue weighted by Gasteiger charge is 2.09. The molecule has 0 unspecified atom stereocenters. The number of aromatic nitrogens is 1. The molecule has 1 fully saturated rings. The summed E-state index contributed by atoms with van der Waals surface area (Å²) in [7, 11) is 0. The van der Waals surface area contributed by atoms with Crippen LogP contribution in [-0.2, 0) is 6.42 Å². The minimum absolute atomic E-state index is 1.15. The Labute approximate surface area is 108 Å². The van der Waals surface area contributed by atoms with Gasteiger partial charge in [0.2, 0.25) is 0 Å². The maximum Gasteiger partial charge on any atom is 0.0486 e. The SMILES string of the molecule is c1cc(CCCN2CCNCC2)c2[nH]ccc2c1. The molecular weight excluding hydrogens is 222 g/mol. The summed E-state index contributed by atoms with van der Waals surface area (Å²) in [5.74, 6) is 0. The van der Waals surface area contributed by atoms with Gasteiger partial charge < -0.3 is 15.2 Å². The van der Waals surface area contributed by atoms with Crippen molar-refractivity contribution in [3.05, 3.63) is 36.0 Å². The normalized spacial score (nSPS) is 17.3. The largest absolute Gasteiger partial charge is 0.361 e. The van der Waals surface area contributed by atoms with Gasteiger partial charge in [-0.15, -0.1) is 0 Å². The lowest BCUT2D eigenvalue weighted by molar-refractivity contribution is 0.238. The summed E-state index contributed by atoms with van der Waals surface area (Å²) in [6.45, 7) is 5.91. The number of para-hydroxylation sites is 1. The van der Waals surface area contributed by atoms with Gasteiger partial charge in [-0.25, -0.2) is 0 Å². The number of nitrogens with zero attached hydrogens (tertiary/aromatic N) is 1. The van der Waals surface area contributed by atoms with E-state index in [4.69, 9.17) is 0 Å². The molecule has 2 aromatic rings. The van der Waals surface area contributed by atoms with Crippen molar-refractivity contribution in [3.8, 4) is 0 Å². The Morgan fingerprint density at radius 2 is 2.00 bits per heavy atom. The molecule has 2 N–H and O–H groups in total. The molecule has 3 nitrogen and oxygen atoms in total. The van der Waals surface area contributed by atoms with Crippen LogP contribution in [0, 0.1) is 0 Å². The Hall–Kier alpha value is -1.32. The van der Waals surface area contributed by atoms with Gasteiger partial charge in [-0.1, -0.05) is 18.2 Å². The smallest absolute Gasteiger partial charge is 0.0486 e. The minimum Gasteiger partial charge on any atom is -0.361 e. The zero-order valence-electron chi connectivity index (χ0n) is 10.8. The first-order valence-electron chi connectivity index (χ1n) is 6.91. The first kappa shape index (κ1) is 11.8. The Morgan fingerprint density at radius 1 is 1.11 bits per heavy atom. The van der Waals surface area contributed by atoms with Crippen LogP contribution in [0.15, 0.2) is 30.5 Å². The van der Waals surface area contributed by atoms with Crippen LogP contribution < -0.4 is 5.32 Å². The number of hydrogen-bond donors (Lipinski definition) is 2.